The quantitative estimate of drug-likeness (QED) is 0.834. The van der Waals surface area contributed by atoms with Crippen molar-refractivity contribution in [1.82, 2.24) is 25.1 Å². The summed E-state index contributed by atoms with van der Waals surface area (Å²) in [6.45, 7) is 7.55. The lowest BCUT2D eigenvalue weighted by atomic mass is 10.1. The van der Waals surface area contributed by atoms with Gasteiger partial charge in [-0.05, 0) is 45.7 Å². The van der Waals surface area contributed by atoms with Crippen LogP contribution in [0.25, 0.3) is 5.82 Å². The van der Waals surface area contributed by atoms with E-state index >= 15 is 0 Å². The summed E-state index contributed by atoms with van der Waals surface area (Å²) in [4.78, 5) is 8.26. The van der Waals surface area contributed by atoms with Crippen molar-refractivity contribution in [2.45, 2.75) is 39.2 Å². The van der Waals surface area contributed by atoms with Crippen molar-refractivity contribution < 1.29 is 0 Å². The van der Waals surface area contributed by atoms with Gasteiger partial charge in [-0.25, -0.2) is 9.67 Å². The second-order valence-electron chi connectivity index (χ2n) is 5.64. The number of nitrogens with zero attached hydrogens (tertiary/aromatic N) is 4. The Kier molecular flexibility index (Phi) is 4.27. The molecule has 2 rings (SSSR count). The van der Waals surface area contributed by atoms with Gasteiger partial charge < -0.3 is 5.32 Å². The molecule has 0 radical (unpaired) electrons. The molecule has 0 aliphatic carbocycles. The van der Waals surface area contributed by atoms with Gasteiger partial charge in [-0.15, -0.1) is 0 Å². The van der Waals surface area contributed by atoms with Gasteiger partial charge in [-0.3, -0.25) is 4.98 Å². The normalized spacial score (nSPS) is 11.7. The summed E-state index contributed by atoms with van der Waals surface area (Å²) in [6, 6.07) is 0. The van der Waals surface area contributed by atoms with Crippen LogP contribution in [-0.2, 0) is 6.42 Å². The molecule has 0 aliphatic rings. The first-order chi connectivity index (χ1) is 9.04. The number of rotatable bonds is 5. The molecule has 2 heterocycles. The van der Waals surface area contributed by atoms with E-state index in [4.69, 9.17) is 0 Å². The highest BCUT2D eigenvalue weighted by Gasteiger charge is 2.07. The predicted octanol–water partition coefficient (Wildman–Crippen LogP) is 1.98. The molecule has 5 heteroatoms. The lowest BCUT2D eigenvalue weighted by molar-refractivity contribution is 0.422. The van der Waals surface area contributed by atoms with Crippen LogP contribution in [-0.4, -0.2) is 31.8 Å². The standard InChI is InChI=1S/C14H21N5/c1-14(2,3)17-6-4-5-12-9-18-19(11-12)13-10-15-7-8-16-13/h7-11,17H,4-6H2,1-3H3. The molecule has 5 nitrogen and oxygen atoms in total. The molecule has 2 aromatic rings. The van der Waals surface area contributed by atoms with Crippen LogP contribution in [0, 0.1) is 0 Å². The number of hydrogen-bond acceptors (Lipinski definition) is 4. The van der Waals surface area contributed by atoms with Crippen LogP contribution in [0.4, 0.5) is 0 Å². The molecule has 0 spiro atoms. The molecule has 2 aromatic heterocycles. The minimum absolute atomic E-state index is 0.184. The van der Waals surface area contributed by atoms with Gasteiger partial charge in [0.25, 0.3) is 0 Å². The van der Waals surface area contributed by atoms with E-state index in [1.807, 2.05) is 12.4 Å². The molecule has 0 saturated carbocycles. The van der Waals surface area contributed by atoms with E-state index in [9.17, 15) is 0 Å². The molecular weight excluding hydrogens is 238 g/mol. The topological polar surface area (TPSA) is 55.6 Å². The Balaban J connectivity index is 1.85. The summed E-state index contributed by atoms with van der Waals surface area (Å²) in [5.74, 6) is 0.751. The van der Waals surface area contributed by atoms with Gasteiger partial charge >= 0.3 is 0 Å². The summed E-state index contributed by atoms with van der Waals surface area (Å²) in [7, 11) is 0. The number of aryl methyl sites for hydroxylation is 1. The molecular formula is C14H21N5. The van der Waals surface area contributed by atoms with Gasteiger partial charge in [-0.1, -0.05) is 0 Å². The van der Waals surface area contributed by atoms with Crippen LogP contribution in [0.15, 0.2) is 31.0 Å². The molecule has 102 valence electrons. The molecule has 0 aliphatic heterocycles. The van der Waals surface area contributed by atoms with E-state index < -0.39 is 0 Å². The number of aromatic nitrogens is 4. The zero-order chi connectivity index (χ0) is 13.7. The fraction of sp³-hybridized carbons (Fsp3) is 0.500. The molecule has 0 atom stereocenters. The third-order valence-corrected chi connectivity index (χ3v) is 2.72. The average molecular weight is 259 g/mol. The Hall–Kier alpha value is -1.75. The zero-order valence-corrected chi connectivity index (χ0v) is 11.8. The van der Waals surface area contributed by atoms with E-state index in [0.717, 1.165) is 25.2 Å². The fourth-order valence-electron chi connectivity index (χ4n) is 1.78. The second-order valence-corrected chi connectivity index (χ2v) is 5.64. The van der Waals surface area contributed by atoms with E-state index in [1.165, 1.54) is 5.56 Å². The molecule has 0 unspecified atom stereocenters. The van der Waals surface area contributed by atoms with Crippen molar-refractivity contribution in [2.75, 3.05) is 6.54 Å². The monoisotopic (exact) mass is 259 g/mol. The lowest BCUT2D eigenvalue weighted by Crippen LogP contribution is -2.36. The number of hydrogen-bond donors (Lipinski definition) is 1. The lowest BCUT2D eigenvalue weighted by Gasteiger charge is -2.20. The van der Waals surface area contributed by atoms with Crippen molar-refractivity contribution >= 4 is 0 Å². The van der Waals surface area contributed by atoms with Crippen LogP contribution >= 0.6 is 0 Å². The molecule has 0 amide bonds. The zero-order valence-electron chi connectivity index (χ0n) is 11.8. The van der Waals surface area contributed by atoms with E-state index in [1.54, 1.807) is 23.3 Å². The maximum absolute atomic E-state index is 4.31. The van der Waals surface area contributed by atoms with Crippen LogP contribution in [0.1, 0.15) is 32.8 Å². The molecule has 0 bridgehead atoms. The Bertz CT molecular complexity index is 498. The van der Waals surface area contributed by atoms with Crippen molar-refractivity contribution in [3.05, 3.63) is 36.5 Å². The van der Waals surface area contributed by atoms with Crippen LogP contribution in [0.3, 0.4) is 0 Å². The van der Waals surface area contributed by atoms with Crippen molar-refractivity contribution in [3.8, 4) is 5.82 Å². The largest absolute Gasteiger partial charge is 0.312 e. The Morgan fingerprint density at radius 3 is 2.74 bits per heavy atom. The maximum Gasteiger partial charge on any atom is 0.171 e. The Labute approximate surface area is 114 Å². The predicted molar refractivity (Wildman–Crippen MR) is 75.2 cm³/mol. The summed E-state index contributed by atoms with van der Waals surface area (Å²) < 4.78 is 1.76. The summed E-state index contributed by atoms with van der Waals surface area (Å²) >= 11 is 0. The van der Waals surface area contributed by atoms with Gasteiger partial charge in [0.05, 0.1) is 12.4 Å². The third-order valence-electron chi connectivity index (χ3n) is 2.72. The summed E-state index contributed by atoms with van der Waals surface area (Å²) in [5, 5.41) is 7.79. The van der Waals surface area contributed by atoms with Gasteiger partial charge in [0, 0.05) is 24.1 Å². The van der Waals surface area contributed by atoms with Crippen LogP contribution in [0.2, 0.25) is 0 Å². The van der Waals surface area contributed by atoms with Crippen LogP contribution in [0.5, 0.6) is 0 Å². The first-order valence-corrected chi connectivity index (χ1v) is 6.59. The highest BCUT2D eigenvalue weighted by atomic mass is 15.3. The van der Waals surface area contributed by atoms with E-state index in [-0.39, 0.29) is 5.54 Å². The van der Waals surface area contributed by atoms with Crippen molar-refractivity contribution in [2.24, 2.45) is 0 Å². The minimum Gasteiger partial charge on any atom is -0.312 e. The maximum atomic E-state index is 4.31. The van der Waals surface area contributed by atoms with E-state index in [0.29, 0.717) is 0 Å². The first kappa shape index (κ1) is 13.7. The van der Waals surface area contributed by atoms with Gasteiger partial charge in [0.15, 0.2) is 5.82 Å². The third kappa shape index (κ3) is 4.44. The molecule has 19 heavy (non-hydrogen) atoms. The minimum atomic E-state index is 0.184. The van der Waals surface area contributed by atoms with Crippen LogP contribution < -0.4 is 5.32 Å². The van der Waals surface area contributed by atoms with Crippen molar-refractivity contribution in [1.29, 1.82) is 0 Å². The average Bonchev–Trinajstić information content (AvgIpc) is 2.83. The summed E-state index contributed by atoms with van der Waals surface area (Å²) in [5.41, 5.74) is 1.41. The molecule has 0 saturated heterocycles. The van der Waals surface area contributed by atoms with E-state index in [2.05, 4.69) is 41.2 Å². The van der Waals surface area contributed by atoms with Gasteiger partial charge in [0.2, 0.25) is 0 Å². The first-order valence-electron chi connectivity index (χ1n) is 6.59. The highest BCUT2D eigenvalue weighted by Crippen LogP contribution is 2.06. The molecule has 1 N–H and O–H groups in total. The Morgan fingerprint density at radius 2 is 2.05 bits per heavy atom. The Morgan fingerprint density at radius 1 is 1.21 bits per heavy atom. The SMILES string of the molecule is CC(C)(C)NCCCc1cnn(-c2cnccn2)c1. The smallest absolute Gasteiger partial charge is 0.171 e. The number of nitrogens with one attached hydrogen (secondary N) is 1. The summed E-state index contributed by atoms with van der Waals surface area (Å²) in [6.07, 6.45) is 11.1. The van der Waals surface area contributed by atoms with Gasteiger partial charge in [0.1, 0.15) is 0 Å². The molecule has 0 fully saturated rings. The van der Waals surface area contributed by atoms with Gasteiger partial charge in [-0.2, -0.15) is 5.10 Å². The van der Waals surface area contributed by atoms with Crippen molar-refractivity contribution in [3.63, 3.8) is 0 Å². The highest BCUT2D eigenvalue weighted by molar-refractivity contribution is 5.18. The fourth-order valence-corrected chi connectivity index (χ4v) is 1.78. The second kappa shape index (κ2) is 5.93. The molecule has 0 aromatic carbocycles.